The van der Waals surface area contributed by atoms with Crippen LogP contribution in [-0.4, -0.2) is 15.6 Å². The van der Waals surface area contributed by atoms with Gasteiger partial charge in [-0.25, -0.2) is 0 Å². The van der Waals surface area contributed by atoms with Gasteiger partial charge in [-0.3, -0.25) is 9.48 Å². The van der Waals surface area contributed by atoms with Crippen LogP contribution >= 0.6 is 0 Å². The standard InChI is InChI=1S/C15H16N2O/c1-9-15(10(2)17(3)16-9)12-4-6-13-11(8-12)5-7-14(13)18/h4,6,8H,5,7H2,1-3H3. The Morgan fingerprint density at radius 2 is 2.00 bits per heavy atom. The average molecular weight is 240 g/mol. The van der Waals surface area contributed by atoms with Crippen LogP contribution in [0.3, 0.4) is 0 Å². The molecule has 3 heteroatoms. The molecule has 0 atom stereocenters. The predicted molar refractivity (Wildman–Crippen MR) is 70.8 cm³/mol. The molecule has 0 bridgehead atoms. The summed E-state index contributed by atoms with van der Waals surface area (Å²) in [6.45, 7) is 4.11. The number of fused-ring (bicyclic) bond motifs is 1. The zero-order chi connectivity index (χ0) is 12.9. The number of hydrogen-bond donors (Lipinski definition) is 0. The van der Waals surface area contributed by atoms with Gasteiger partial charge in [-0.2, -0.15) is 5.10 Å². The van der Waals surface area contributed by atoms with Gasteiger partial charge < -0.3 is 0 Å². The summed E-state index contributed by atoms with van der Waals surface area (Å²) in [4.78, 5) is 11.6. The Bertz CT molecular complexity index is 653. The van der Waals surface area contributed by atoms with Crippen molar-refractivity contribution >= 4 is 5.78 Å². The van der Waals surface area contributed by atoms with Crippen LogP contribution in [0.25, 0.3) is 11.1 Å². The number of hydrogen-bond acceptors (Lipinski definition) is 2. The summed E-state index contributed by atoms with van der Waals surface area (Å²) < 4.78 is 1.91. The van der Waals surface area contributed by atoms with E-state index in [1.165, 1.54) is 16.7 Å². The first-order valence-electron chi connectivity index (χ1n) is 6.24. The third-order valence-corrected chi connectivity index (χ3v) is 3.82. The number of carbonyl (C=O) groups excluding carboxylic acids is 1. The number of benzene rings is 1. The number of aromatic nitrogens is 2. The molecule has 3 nitrogen and oxygen atoms in total. The van der Waals surface area contributed by atoms with E-state index in [2.05, 4.69) is 18.1 Å². The predicted octanol–water partition coefficient (Wildman–Crippen LogP) is 2.83. The maximum Gasteiger partial charge on any atom is 0.163 e. The first-order chi connectivity index (χ1) is 8.58. The van der Waals surface area contributed by atoms with Gasteiger partial charge >= 0.3 is 0 Å². The Morgan fingerprint density at radius 3 is 2.67 bits per heavy atom. The van der Waals surface area contributed by atoms with Crippen molar-refractivity contribution < 1.29 is 4.79 Å². The second-order valence-electron chi connectivity index (χ2n) is 4.96. The van der Waals surface area contributed by atoms with Crippen molar-refractivity contribution in [1.82, 2.24) is 9.78 Å². The van der Waals surface area contributed by atoms with Crippen molar-refractivity contribution in [2.24, 2.45) is 7.05 Å². The van der Waals surface area contributed by atoms with Gasteiger partial charge in [-0.05, 0) is 31.4 Å². The summed E-state index contributed by atoms with van der Waals surface area (Å²) in [5.41, 5.74) is 6.65. The van der Waals surface area contributed by atoms with Gasteiger partial charge in [0.1, 0.15) is 0 Å². The normalized spacial score (nSPS) is 14.1. The van der Waals surface area contributed by atoms with Crippen LogP contribution in [0.4, 0.5) is 0 Å². The smallest absolute Gasteiger partial charge is 0.163 e. The summed E-state index contributed by atoms with van der Waals surface area (Å²) in [6.07, 6.45) is 1.53. The number of carbonyl (C=O) groups is 1. The largest absolute Gasteiger partial charge is 0.294 e. The minimum Gasteiger partial charge on any atom is -0.294 e. The highest BCUT2D eigenvalue weighted by atomic mass is 16.1. The molecule has 1 aromatic heterocycles. The van der Waals surface area contributed by atoms with Gasteiger partial charge in [0, 0.05) is 30.3 Å². The zero-order valence-corrected chi connectivity index (χ0v) is 10.9. The third-order valence-electron chi connectivity index (χ3n) is 3.82. The van der Waals surface area contributed by atoms with Crippen molar-refractivity contribution in [2.75, 3.05) is 0 Å². The number of nitrogens with zero attached hydrogens (tertiary/aromatic N) is 2. The monoisotopic (exact) mass is 240 g/mol. The lowest BCUT2D eigenvalue weighted by molar-refractivity contribution is 0.0994. The molecule has 0 amide bonds. The molecule has 18 heavy (non-hydrogen) atoms. The molecule has 92 valence electrons. The highest BCUT2D eigenvalue weighted by molar-refractivity contribution is 6.01. The molecule has 0 N–H and O–H groups in total. The maximum atomic E-state index is 11.6. The van der Waals surface area contributed by atoms with Crippen molar-refractivity contribution in [1.29, 1.82) is 0 Å². The van der Waals surface area contributed by atoms with Gasteiger partial charge in [0.15, 0.2) is 5.78 Å². The lowest BCUT2D eigenvalue weighted by atomic mass is 9.99. The fourth-order valence-electron chi connectivity index (χ4n) is 2.80. The van der Waals surface area contributed by atoms with Gasteiger partial charge in [-0.15, -0.1) is 0 Å². The van der Waals surface area contributed by atoms with Crippen LogP contribution in [0.2, 0.25) is 0 Å². The highest BCUT2D eigenvalue weighted by Crippen LogP contribution is 2.31. The van der Waals surface area contributed by atoms with Crippen LogP contribution in [0.5, 0.6) is 0 Å². The fourth-order valence-corrected chi connectivity index (χ4v) is 2.80. The molecule has 3 rings (SSSR count). The van der Waals surface area contributed by atoms with Crippen LogP contribution in [0, 0.1) is 13.8 Å². The van der Waals surface area contributed by atoms with E-state index in [0.717, 1.165) is 23.4 Å². The molecule has 1 aromatic carbocycles. The maximum absolute atomic E-state index is 11.6. The van der Waals surface area contributed by atoms with Crippen molar-refractivity contribution in [3.8, 4) is 11.1 Å². The molecule has 0 saturated carbocycles. The van der Waals surface area contributed by atoms with E-state index in [1.54, 1.807) is 0 Å². The molecule has 1 aliphatic rings. The van der Waals surface area contributed by atoms with Gasteiger partial charge in [-0.1, -0.05) is 18.2 Å². The summed E-state index contributed by atoms with van der Waals surface area (Å²) in [6, 6.07) is 6.15. The Morgan fingerprint density at radius 1 is 1.22 bits per heavy atom. The molecule has 0 radical (unpaired) electrons. The van der Waals surface area contributed by atoms with E-state index in [9.17, 15) is 4.79 Å². The topological polar surface area (TPSA) is 34.9 Å². The minimum absolute atomic E-state index is 0.274. The Labute approximate surface area is 106 Å². The quantitative estimate of drug-likeness (QED) is 0.768. The molecule has 0 fully saturated rings. The van der Waals surface area contributed by atoms with E-state index in [0.29, 0.717) is 6.42 Å². The lowest BCUT2D eigenvalue weighted by Gasteiger charge is -2.05. The van der Waals surface area contributed by atoms with Crippen molar-refractivity contribution in [3.05, 3.63) is 40.7 Å². The van der Waals surface area contributed by atoms with Crippen LogP contribution in [0.15, 0.2) is 18.2 Å². The molecule has 0 aliphatic heterocycles. The number of Topliss-reactive ketones (excluding diaryl/α,β-unsaturated/α-hetero) is 1. The van der Waals surface area contributed by atoms with Gasteiger partial charge in [0.05, 0.1) is 5.69 Å². The number of aryl methyl sites for hydroxylation is 3. The lowest BCUT2D eigenvalue weighted by Crippen LogP contribution is -1.93. The fraction of sp³-hybridized carbons (Fsp3) is 0.333. The van der Waals surface area contributed by atoms with E-state index in [-0.39, 0.29) is 5.78 Å². The van der Waals surface area contributed by atoms with E-state index in [4.69, 9.17) is 0 Å². The third kappa shape index (κ3) is 1.50. The molecule has 0 saturated heterocycles. The zero-order valence-electron chi connectivity index (χ0n) is 10.9. The Hall–Kier alpha value is -1.90. The molecule has 1 aliphatic carbocycles. The second-order valence-corrected chi connectivity index (χ2v) is 4.96. The van der Waals surface area contributed by atoms with E-state index in [1.807, 2.05) is 30.8 Å². The number of ketones is 1. The number of rotatable bonds is 1. The van der Waals surface area contributed by atoms with E-state index >= 15 is 0 Å². The molecule has 1 heterocycles. The second kappa shape index (κ2) is 3.80. The SMILES string of the molecule is Cc1nn(C)c(C)c1-c1ccc2c(c1)CCC2=O. The van der Waals surface area contributed by atoms with E-state index < -0.39 is 0 Å². The molecule has 2 aromatic rings. The Balaban J connectivity index is 2.16. The van der Waals surface area contributed by atoms with Crippen molar-refractivity contribution in [2.45, 2.75) is 26.7 Å². The average Bonchev–Trinajstić information content (AvgIpc) is 2.81. The van der Waals surface area contributed by atoms with Gasteiger partial charge in [0.2, 0.25) is 0 Å². The Kier molecular flexibility index (Phi) is 2.37. The summed E-state index contributed by atoms with van der Waals surface area (Å²) in [5.74, 6) is 0.274. The first-order valence-corrected chi connectivity index (χ1v) is 6.24. The van der Waals surface area contributed by atoms with Gasteiger partial charge in [0.25, 0.3) is 0 Å². The highest BCUT2D eigenvalue weighted by Gasteiger charge is 2.21. The summed E-state index contributed by atoms with van der Waals surface area (Å²) in [7, 11) is 1.96. The molecular formula is C15H16N2O. The molecule has 0 unspecified atom stereocenters. The van der Waals surface area contributed by atoms with Crippen LogP contribution < -0.4 is 0 Å². The summed E-state index contributed by atoms with van der Waals surface area (Å²) >= 11 is 0. The van der Waals surface area contributed by atoms with Crippen LogP contribution in [0.1, 0.15) is 33.7 Å². The van der Waals surface area contributed by atoms with Crippen molar-refractivity contribution in [3.63, 3.8) is 0 Å². The molecular weight excluding hydrogens is 224 g/mol. The minimum atomic E-state index is 0.274. The molecule has 0 spiro atoms. The van der Waals surface area contributed by atoms with Crippen LogP contribution in [-0.2, 0) is 13.5 Å². The first kappa shape index (κ1) is 11.2. The summed E-state index contributed by atoms with van der Waals surface area (Å²) in [5, 5.41) is 4.45.